The lowest BCUT2D eigenvalue weighted by Gasteiger charge is -1.94. The summed E-state index contributed by atoms with van der Waals surface area (Å²) in [6, 6.07) is 0. The molecule has 0 aliphatic carbocycles. The molecule has 0 aromatic heterocycles. The maximum absolute atomic E-state index is 9.75. The second kappa shape index (κ2) is 6.68. The van der Waals surface area contributed by atoms with E-state index in [0.29, 0.717) is 0 Å². The third-order valence-electron chi connectivity index (χ3n) is 0. The van der Waals surface area contributed by atoms with Crippen LogP contribution in [0.15, 0.2) is 0 Å². The van der Waals surface area contributed by atoms with Crippen LogP contribution in [0, 0.1) is 10.8 Å². The minimum atomic E-state index is -6.00. The highest BCUT2D eigenvalue weighted by atomic mass is 19.5. The molecule has 0 aliphatic rings. The second-order valence-electron chi connectivity index (χ2n) is 0.990. The molecule has 0 bridgehead atoms. The van der Waals surface area contributed by atoms with Gasteiger partial charge in [0.05, 0.1) is 0 Å². The topological polar surface area (TPSA) is 47.6 Å². The van der Waals surface area contributed by atoms with Gasteiger partial charge in [-0.3, -0.25) is 0 Å². The molecule has 74 valence electrons. The molecule has 0 unspecified atom stereocenters. The molecule has 0 N–H and O–H groups in total. The van der Waals surface area contributed by atoms with Crippen LogP contribution in [0.2, 0.25) is 0 Å². The Morgan fingerprint density at radius 1 is 0.500 bits per heavy atom. The van der Waals surface area contributed by atoms with Gasteiger partial charge in [-0.15, -0.1) is 0 Å². The van der Waals surface area contributed by atoms with Crippen molar-refractivity contribution in [1.29, 1.82) is 10.8 Å². The molecule has 0 saturated heterocycles. The number of hydrogen-bond acceptors (Lipinski definition) is 2. The summed E-state index contributed by atoms with van der Waals surface area (Å²) < 4.78 is 78.0. The van der Waals surface area contributed by atoms with Crippen molar-refractivity contribution in [3.05, 3.63) is 0 Å². The van der Waals surface area contributed by atoms with Gasteiger partial charge in [-0.05, 0) is 0 Å². The molecule has 2 nitrogen and oxygen atoms in total. The first kappa shape index (κ1) is 17.2. The van der Waals surface area contributed by atoms with E-state index in [4.69, 9.17) is 10.8 Å². The van der Waals surface area contributed by atoms with Crippen LogP contribution in [0.4, 0.5) is 34.5 Å². The molecule has 0 aliphatic heterocycles. The zero-order chi connectivity index (χ0) is 11.0. The van der Waals surface area contributed by atoms with Gasteiger partial charge in [0.2, 0.25) is 0 Å². The van der Waals surface area contributed by atoms with E-state index in [0.717, 1.165) is 0 Å². The van der Waals surface area contributed by atoms with Crippen LogP contribution in [-0.4, -0.2) is 14.5 Å². The fourth-order valence-corrected chi connectivity index (χ4v) is 0. The summed E-state index contributed by atoms with van der Waals surface area (Å²) in [4.78, 5) is 0. The first-order valence-corrected chi connectivity index (χ1v) is 1.95. The number of hydrogen-bond donors (Lipinski definition) is 0. The van der Waals surface area contributed by atoms with Gasteiger partial charge < -0.3 is 34.5 Å². The average Bonchev–Trinajstić information content (AvgIpc) is 1.59. The van der Waals surface area contributed by atoms with E-state index in [-0.39, 0.29) is 0 Å². The third kappa shape index (κ3) is 562. The minimum absolute atomic E-state index is 6.00. The first-order valence-electron chi connectivity index (χ1n) is 1.95. The Labute approximate surface area is 61.2 Å². The fraction of sp³-hybridized carbons (Fsp3) is 0. The zero-order valence-electron chi connectivity index (χ0n) is 5.07. The zero-order valence-corrected chi connectivity index (χ0v) is 5.07. The summed E-state index contributed by atoms with van der Waals surface area (Å²) in [5.41, 5.74) is 0. The van der Waals surface area contributed by atoms with E-state index in [1.807, 2.05) is 0 Å². The Kier molecular flexibility index (Phi) is 9.57. The Morgan fingerprint density at radius 2 is 0.500 bits per heavy atom. The van der Waals surface area contributed by atoms with Gasteiger partial charge in [0, 0.05) is 10.8 Å². The summed E-state index contributed by atoms with van der Waals surface area (Å²) in [5.74, 6) is 0. The van der Waals surface area contributed by atoms with Crippen LogP contribution in [-0.2, 0) is 0 Å². The van der Waals surface area contributed by atoms with Gasteiger partial charge in [-0.2, -0.15) is 0 Å². The van der Waals surface area contributed by atoms with Crippen molar-refractivity contribution in [3.63, 3.8) is 0 Å². The van der Waals surface area contributed by atoms with Crippen LogP contribution in [0.25, 0.3) is 0 Å². The predicted octanol–water partition coefficient (Wildman–Crippen LogP) is 2.63. The average molecular weight is 202 g/mol. The van der Waals surface area contributed by atoms with Gasteiger partial charge in [0.1, 0.15) is 0 Å². The van der Waals surface area contributed by atoms with Crippen LogP contribution in [0.5, 0.6) is 0 Å². The lowest BCUT2D eigenvalue weighted by atomic mass is 10.3. The Balaban J connectivity index is -0.000000112. The van der Waals surface area contributed by atoms with Crippen molar-refractivity contribution in [1.82, 2.24) is 0 Å². The third-order valence-corrected chi connectivity index (χ3v) is 0. The van der Waals surface area contributed by atoms with Crippen molar-refractivity contribution in [2.75, 3.05) is 0 Å². The van der Waals surface area contributed by atoms with E-state index in [1.54, 1.807) is 0 Å². The predicted molar refractivity (Wildman–Crippen MR) is 23.8 cm³/mol. The summed E-state index contributed by atoms with van der Waals surface area (Å²) in [7, 11) is -12.0. The quantitative estimate of drug-likeness (QED) is 0.344. The summed E-state index contributed by atoms with van der Waals surface area (Å²) in [6.07, 6.45) is 0. The molecule has 0 fully saturated rings. The summed E-state index contributed by atoms with van der Waals surface area (Å²) >= 11 is 0. The molecule has 0 aromatic carbocycles. The van der Waals surface area contributed by atoms with Crippen LogP contribution in [0.1, 0.15) is 0 Å². The van der Waals surface area contributed by atoms with E-state index in [1.165, 1.54) is 0 Å². The maximum atomic E-state index is 9.75. The van der Waals surface area contributed by atoms with Crippen molar-refractivity contribution in [3.8, 4) is 0 Å². The van der Waals surface area contributed by atoms with Gasteiger partial charge in [0.15, 0.2) is 0 Å². The van der Waals surface area contributed by atoms with Gasteiger partial charge in [-0.25, -0.2) is 0 Å². The van der Waals surface area contributed by atoms with Gasteiger partial charge in [-0.1, -0.05) is 0 Å². The van der Waals surface area contributed by atoms with Crippen LogP contribution < -0.4 is 0 Å². The van der Waals surface area contributed by atoms with E-state index in [9.17, 15) is 34.5 Å². The molecule has 0 amide bonds. The van der Waals surface area contributed by atoms with Crippen LogP contribution >= 0.6 is 0 Å². The maximum Gasteiger partial charge on any atom is 0.673 e. The lowest BCUT2D eigenvalue weighted by Crippen LogP contribution is -2.02. The van der Waals surface area contributed by atoms with Crippen molar-refractivity contribution >= 4 is 14.5 Å². The highest BCUT2D eigenvalue weighted by Gasteiger charge is 2.21. The van der Waals surface area contributed by atoms with Gasteiger partial charge >= 0.3 is 14.5 Å². The molecule has 0 saturated carbocycles. The van der Waals surface area contributed by atoms with Crippen molar-refractivity contribution in [2.24, 2.45) is 0 Å². The minimum Gasteiger partial charge on any atom is -0.418 e. The molecule has 0 heterocycles. The fourth-order valence-electron chi connectivity index (χ4n) is 0. The monoisotopic (exact) mass is 202 g/mol. The van der Waals surface area contributed by atoms with E-state index < -0.39 is 14.5 Å². The Bertz CT molecular complexity index is 84.5. The standard InChI is InChI=1S/2BF4.N2/c2*2-1(3,4)5;1-2/q2*-1;. The molecular formula is B2F8N2-2. The lowest BCUT2D eigenvalue weighted by molar-refractivity contribution is 0.366. The molecule has 0 aromatic rings. The molecule has 0 radical (unpaired) electrons. The largest absolute Gasteiger partial charge is 0.673 e. The van der Waals surface area contributed by atoms with E-state index >= 15 is 0 Å². The Hall–Kier alpha value is -1.01. The molecular weight excluding hydrogens is 202 g/mol. The first-order chi connectivity index (χ1) is 5.00. The summed E-state index contributed by atoms with van der Waals surface area (Å²) in [6.45, 7) is 0. The SMILES string of the molecule is F[B-](F)(F)F.F[B-](F)(F)F.N#N. The molecule has 12 heavy (non-hydrogen) atoms. The molecule has 0 spiro atoms. The van der Waals surface area contributed by atoms with Crippen molar-refractivity contribution in [2.45, 2.75) is 0 Å². The second-order valence-corrected chi connectivity index (χ2v) is 0.990. The van der Waals surface area contributed by atoms with Crippen LogP contribution in [0.3, 0.4) is 0 Å². The highest BCUT2D eigenvalue weighted by Crippen LogP contribution is 2.07. The number of nitrogens with zero attached hydrogens (tertiary/aromatic N) is 2. The Morgan fingerprint density at radius 3 is 0.500 bits per heavy atom. The molecule has 0 rings (SSSR count). The van der Waals surface area contributed by atoms with E-state index in [2.05, 4.69) is 0 Å². The molecule has 12 heteroatoms. The summed E-state index contributed by atoms with van der Waals surface area (Å²) in [5, 5.41) is 12.0. The number of halogens is 8. The smallest absolute Gasteiger partial charge is 0.418 e. The van der Waals surface area contributed by atoms with Gasteiger partial charge in [0.25, 0.3) is 0 Å². The normalized spacial score (nSPS) is 10.2. The molecule has 0 atom stereocenters. The number of rotatable bonds is 0. The van der Waals surface area contributed by atoms with Crippen molar-refractivity contribution < 1.29 is 34.5 Å². The highest BCUT2D eigenvalue weighted by molar-refractivity contribution is 6.50.